The fourth-order valence-corrected chi connectivity index (χ4v) is 3.84. The number of benzene rings is 1. The van der Waals surface area contributed by atoms with Crippen LogP contribution in [-0.2, 0) is 4.79 Å². The molecule has 2 N–H and O–H groups in total. The number of carbonyl (C=O) groups is 1. The number of nitrogens with two attached hydrogens (primary N) is 1. The SMILES string of the molecule is COc1ccc(OC)c(C2C(N)CC(=O)N2C2CCCC2)c1. The highest BCUT2D eigenvalue weighted by Crippen LogP contribution is 2.42. The van der Waals surface area contributed by atoms with Crippen LogP contribution in [0.15, 0.2) is 18.2 Å². The van der Waals surface area contributed by atoms with Gasteiger partial charge in [0.05, 0.1) is 20.3 Å². The average molecular weight is 304 g/mol. The van der Waals surface area contributed by atoms with E-state index < -0.39 is 0 Å². The fraction of sp³-hybridized carbons (Fsp3) is 0.588. The molecule has 1 saturated heterocycles. The summed E-state index contributed by atoms with van der Waals surface area (Å²) in [5.74, 6) is 1.68. The second-order valence-electron chi connectivity index (χ2n) is 6.16. The predicted octanol–water partition coefficient (Wildman–Crippen LogP) is 2.25. The Labute approximate surface area is 131 Å². The molecule has 5 heteroatoms. The minimum absolute atomic E-state index is 0.124. The van der Waals surface area contributed by atoms with Crippen LogP contribution < -0.4 is 15.2 Å². The number of carbonyl (C=O) groups excluding carboxylic acids is 1. The van der Waals surface area contributed by atoms with Crippen LogP contribution in [0.5, 0.6) is 11.5 Å². The molecular formula is C17H24N2O3. The van der Waals surface area contributed by atoms with Gasteiger partial charge < -0.3 is 20.1 Å². The predicted molar refractivity (Wildman–Crippen MR) is 84.0 cm³/mol. The number of hydrogen-bond acceptors (Lipinski definition) is 4. The summed E-state index contributed by atoms with van der Waals surface area (Å²) in [6.07, 6.45) is 4.92. The summed E-state index contributed by atoms with van der Waals surface area (Å²) < 4.78 is 10.8. The molecule has 1 heterocycles. The first kappa shape index (κ1) is 15.2. The van der Waals surface area contributed by atoms with E-state index in [-0.39, 0.29) is 18.0 Å². The molecule has 22 heavy (non-hydrogen) atoms. The Morgan fingerprint density at radius 1 is 1.18 bits per heavy atom. The van der Waals surface area contributed by atoms with Gasteiger partial charge in [0.1, 0.15) is 11.5 Å². The summed E-state index contributed by atoms with van der Waals surface area (Å²) in [4.78, 5) is 14.5. The molecule has 2 unspecified atom stereocenters. The molecule has 1 aromatic rings. The molecule has 0 spiro atoms. The normalized spacial score (nSPS) is 25.8. The molecule has 120 valence electrons. The van der Waals surface area contributed by atoms with Crippen LogP contribution in [0.2, 0.25) is 0 Å². The molecule has 2 atom stereocenters. The molecule has 1 amide bonds. The lowest BCUT2D eigenvalue weighted by molar-refractivity contribution is -0.131. The van der Waals surface area contributed by atoms with Crippen molar-refractivity contribution in [1.82, 2.24) is 4.90 Å². The smallest absolute Gasteiger partial charge is 0.225 e. The minimum atomic E-state index is -0.200. The molecule has 0 bridgehead atoms. The maximum Gasteiger partial charge on any atom is 0.225 e. The molecule has 1 aliphatic heterocycles. The highest BCUT2D eigenvalue weighted by atomic mass is 16.5. The van der Waals surface area contributed by atoms with Gasteiger partial charge in [0, 0.05) is 24.1 Å². The van der Waals surface area contributed by atoms with E-state index in [0.29, 0.717) is 12.5 Å². The van der Waals surface area contributed by atoms with Crippen molar-refractivity contribution in [3.05, 3.63) is 23.8 Å². The Hall–Kier alpha value is -1.75. The van der Waals surface area contributed by atoms with E-state index >= 15 is 0 Å². The zero-order valence-electron chi connectivity index (χ0n) is 13.2. The largest absolute Gasteiger partial charge is 0.497 e. The monoisotopic (exact) mass is 304 g/mol. The number of likely N-dealkylation sites (tertiary alicyclic amines) is 1. The van der Waals surface area contributed by atoms with Crippen LogP contribution in [0, 0.1) is 0 Å². The van der Waals surface area contributed by atoms with Gasteiger partial charge in [-0.15, -0.1) is 0 Å². The van der Waals surface area contributed by atoms with Crippen LogP contribution >= 0.6 is 0 Å². The van der Waals surface area contributed by atoms with Crippen molar-refractivity contribution in [2.75, 3.05) is 14.2 Å². The molecule has 1 aromatic carbocycles. The van der Waals surface area contributed by atoms with Gasteiger partial charge >= 0.3 is 0 Å². The van der Waals surface area contributed by atoms with E-state index in [4.69, 9.17) is 15.2 Å². The van der Waals surface area contributed by atoms with E-state index in [9.17, 15) is 4.79 Å². The lowest BCUT2D eigenvalue weighted by Crippen LogP contribution is -2.39. The Kier molecular flexibility index (Phi) is 4.25. The van der Waals surface area contributed by atoms with Crippen molar-refractivity contribution in [1.29, 1.82) is 0 Å². The third-order valence-electron chi connectivity index (χ3n) is 4.88. The maximum absolute atomic E-state index is 12.5. The Morgan fingerprint density at radius 3 is 2.55 bits per heavy atom. The molecule has 5 nitrogen and oxygen atoms in total. The Morgan fingerprint density at radius 2 is 1.91 bits per heavy atom. The van der Waals surface area contributed by atoms with Crippen molar-refractivity contribution in [2.45, 2.75) is 50.2 Å². The van der Waals surface area contributed by atoms with E-state index in [1.807, 2.05) is 23.1 Å². The second kappa shape index (κ2) is 6.16. The number of rotatable bonds is 4. The van der Waals surface area contributed by atoms with E-state index in [1.54, 1.807) is 14.2 Å². The molecule has 2 fully saturated rings. The standard InChI is InChI=1S/C17H24N2O3/c1-21-12-7-8-15(22-2)13(9-12)17-14(18)10-16(20)19(17)11-5-3-4-6-11/h7-9,11,14,17H,3-6,10,18H2,1-2H3. The molecule has 0 aromatic heterocycles. The van der Waals surface area contributed by atoms with Gasteiger partial charge in [0.15, 0.2) is 0 Å². The van der Waals surface area contributed by atoms with Crippen molar-refractivity contribution in [3.63, 3.8) is 0 Å². The lowest BCUT2D eigenvalue weighted by Gasteiger charge is -2.33. The number of amides is 1. The van der Waals surface area contributed by atoms with Crippen LogP contribution in [0.4, 0.5) is 0 Å². The van der Waals surface area contributed by atoms with Gasteiger partial charge in [-0.3, -0.25) is 4.79 Å². The third-order valence-corrected chi connectivity index (χ3v) is 4.88. The Balaban J connectivity index is 2.01. The Bertz CT molecular complexity index is 555. The van der Waals surface area contributed by atoms with E-state index in [1.165, 1.54) is 12.8 Å². The summed E-state index contributed by atoms with van der Waals surface area (Å²) in [6, 6.07) is 5.68. The first-order valence-electron chi connectivity index (χ1n) is 7.94. The highest BCUT2D eigenvalue weighted by molar-refractivity contribution is 5.81. The van der Waals surface area contributed by atoms with Gasteiger partial charge in [0.25, 0.3) is 0 Å². The first-order valence-corrected chi connectivity index (χ1v) is 7.94. The number of hydrogen-bond donors (Lipinski definition) is 1. The van der Waals surface area contributed by atoms with Gasteiger partial charge in [-0.05, 0) is 31.0 Å². The van der Waals surface area contributed by atoms with Crippen molar-refractivity contribution in [3.8, 4) is 11.5 Å². The van der Waals surface area contributed by atoms with Gasteiger partial charge in [-0.1, -0.05) is 12.8 Å². The summed E-state index contributed by atoms with van der Waals surface area (Å²) in [6.45, 7) is 0. The van der Waals surface area contributed by atoms with Gasteiger partial charge in [0.2, 0.25) is 5.91 Å². The van der Waals surface area contributed by atoms with Crippen molar-refractivity contribution < 1.29 is 14.3 Å². The zero-order valence-corrected chi connectivity index (χ0v) is 13.2. The van der Waals surface area contributed by atoms with E-state index in [0.717, 1.165) is 29.9 Å². The number of ether oxygens (including phenoxy) is 2. The zero-order chi connectivity index (χ0) is 15.7. The summed E-state index contributed by atoms with van der Waals surface area (Å²) >= 11 is 0. The van der Waals surface area contributed by atoms with Crippen LogP contribution in [0.25, 0.3) is 0 Å². The first-order chi connectivity index (χ1) is 10.7. The molecule has 3 rings (SSSR count). The van der Waals surface area contributed by atoms with Crippen molar-refractivity contribution >= 4 is 5.91 Å². The highest BCUT2D eigenvalue weighted by Gasteiger charge is 2.44. The molecular weight excluding hydrogens is 280 g/mol. The average Bonchev–Trinajstić information content (AvgIpc) is 3.13. The fourth-order valence-electron chi connectivity index (χ4n) is 3.84. The maximum atomic E-state index is 12.5. The summed E-state index contributed by atoms with van der Waals surface area (Å²) in [7, 11) is 3.29. The van der Waals surface area contributed by atoms with Crippen molar-refractivity contribution in [2.24, 2.45) is 5.73 Å². The molecule has 2 aliphatic rings. The van der Waals surface area contributed by atoms with Gasteiger partial charge in [-0.25, -0.2) is 0 Å². The summed E-state index contributed by atoms with van der Waals surface area (Å²) in [5, 5.41) is 0. The second-order valence-corrected chi connectivity index (χ2v) is 6.16. The number of nitrogens with zero attached hydrogens (tertiary/aromatic N) is 1. The quantitative estimate of drug-likeness (QED) is 0.926. The number of methoxy groups -OCH3 is 2. The molecule has 0 radical (unpaired) electrons. The van der Waals surface area contributed by atoms with E-state index in [2.05, 4.69) is 0 Å². The molecule has 1 aliphatic carbocycles. The minimum Gasteiger partial charge on any atom is -0.497 e. The van der Waals surface area contributed by atoms with Crippen LogP contribution in [0.1, 0.15) is 43.7 Å². The third kappa shape index (κ3) is 2.54. The van der Waals surface area contributed by atoms with Gasteiger partial charge in [-0.2, -0.15) is 0 Å². The van der Waals surface area contributed by atoms with Crippen LogP contribution in [0.3, 0.4) is 0 Å². The van der Waals surface area contributed by atoms with Crippen LogP contribution in [-0.4, -0.2) is 37.1 Å². The molecule has 1 saturated carbocycles. The topological polar surface area (TPSA) is 64.8 Å². The summed E-state index contributed by atoms with van der Waals surface area (Å²) in [5.41, 5.74) is 7.27. The lowest BCUT2D eigenvalue weighted by atomic mass is 9.98.